The van der Waals surface area contributed by atoms with Crippen LogP contribution in [0.4, 0.5) is 0 Å². The van der Waals surface area contributed by atoms with Gasteiger partial charge in [0, 0.05) is 19.3 Å². The highest BCUT2D eigenvalue weighted by molar-refractivity contribution is 6.25. The summed E-state index contributed by atoms with van der Waals surface area (Å²) in [7, 11) is 2.08. The number of halogens is 1. The van der Waals surface area contributed by atoms with Crippen LogP contribution in [0.3, 0.4) is 0 Å². The van der Waals surface area contributed by atoms with E-state index in [1.165, 1.54) is 5.70 Å². The average molecular weight is 190 g/mol. The van der Waals surface area contributed by atoms with Crippen molar-refractivity contribution in [1.29, 1.82) is 0 Å². The molecule has 0 aromatic carbocycles. The van der Waals surface area contributed by atoms with Gasteiger partial charge in [-0.3, -0.25) is 0 Å². The van der Waals surface area contributed by atoms with Crippen molar-refractivity contribution in [1.82, 2.24) is 4.90 Å². The Kier molecular flexibility index (Phi) is 4.69. The van der Waals surface area contributed by atoms with Crippen molar-refractivity contribution in [2.45, 2.75) is 39.0 Å². The summed E-state index contributed by atoms with van der Waals surface area (Å²) < 4.78 is 0. The Morgan fingerprint density at radius 1 is 1.42 bits per heavy atom. The van der Waals surface area contributed by atoms with E-state index in [9.17, 15) is 0 Å². The highest BCUT2D eigenvalue weighted by Gasteiger charge is 2.21. The van der Waals surface area contributed by atoms with Gasteiger partial charge in [-0.1, -0.05) is 13.0 Å². The van der Waals surface area contributed by atoms with Gasteiger partial charge in [0.05, 0.1) is 4.87 Å². The van der Waals surface area contributed by atoms with Crippen LogP contribution < -0.4 is 0 Å². The first-order chi connectivity index (χ1) is 5.43. The molecule has 0 aromatic heterocycles. The van der Waals surface area contributed by atoms with Gasteiger partial charge in [0.15, 0.2) is 0 Å². The summed E-state index contributed by atoms with van der Waals surface area (Å²) in [6.45, 7) is 9.32. The Morgan fingerprint density at radius 3 is 2.17 bits per heavy atom. The zero-order chi connectivity index (χ0) is 9.78. The maximum Gasteiger partial charge on any atom is 0.0783 e. The molecule has 2 heteroatoms. The quantitative estimate of drug-likeness (QED) is 0.614. The van der Waals surface area contributed by atoms with Crippen molar-refractivity contribution in [2.75, 3.05) is 13.6 Å². The normalized spacial score (nSPS) is 13.3. The van der Waals surface area contributed by atoms with Crippen molar-refractivity contribution >= 4 is 11.6 Å². The number of nitrogens with zero attached hydrogens (tertiary/aromatic N) is 1. The monoisotopic (exact) mass is 189 g/mol. The molecule has 0 aliphatic carbocycles. The average Bonchev–Trinajstić information content (AvgIpc) is 1.96. The van der Waals surface area contributed by atoms with E-state index in [1.54, 1.807) is 0 Å². The van der Waals surface area contributed by atoms with Crippen molar-refractivity contribution in [3.63, 3.8) is 0 Å². The molecule has 0 aromatic rings. The fourth-order valence-electron chi connectivity index (χ4n) is 1.22. The fraction of sp³-hybridized carbons (Fsp3) is 0.800. The van der Waals surface area contributed by atoms with E-state index in [0.29, 0.717) is 0 Å². The van der Waals surface area contributed by atoms with Crippen molar-refractivity contribution < 1.29 is 0 Å². The van der Waals surface area contributed by atoms with Gasteiger partial charge in [-0.25, -0.2) is 0 Å². The zero-order valence-corrected chi connectivity index (χ0v) is 9.57. The molecular formula is C10H20ClN. The molecule has 0 atom stereocenters. The smallest absolute Gasteiger partial charge is 0.0783 e. The molecule has 0 aliphatic heterocycles. The van der Waals surface area contributed by atoms with E-state index in [2.05, 4.69) is 31.9 Å². The molecule has 0 amide bonds. The minimum Gasteiger partial charge on any atom is -0.377 e. The Hall–Kier alpha value is -0.170. The maximum absolute atomic E-state index is 6.24. The lowest BCUT2D eigenvalue weighted by Crippen LogP contribution is -2.29. The van der Waals surface area contributed by atoms with Gasteiger partial charge in [0.2, 0.25) is 0 Å². The molecule has 0 rings (SSSR count). The SMILES string of the molecule is CC/C=C(/N(C)CC)C(C)(C)Cl. The summed E-state index contributed by atoms with van der Waals surface area (Å²) in [5.41, 5.74) is 1.22. The van der Waals surface area contributed by atoms with Crippen LogP contribution in [0.2, 0.25) is 0 Å². The number of allylic oxidation sites excluding steroid dienone is 2. The molecule has 72 valence electrons. The van der Waals surface area contributed by atoms with Gasteiger partial charge in [-0.15, -0.1) is 11.6 Å². The highest BCUT2D eigenvalue weighted by Crippen LogP contribution is 2.26. The van der Waals surface area contributed by atoms with Crippen LogP contribution in [0.25, 0.3) is 0 Å². The standard InChI is InChI=1S/C10H20ClN/c1-6-8-9(10(3,4)11)12(5)7-2/h8H,6-7H2,1-5H3/b9-8+. The van der Waals surface area contributed by atoms with Crippen LogP contribution >= 0.6 is 11.6 Å². The lowest BCUT2D eigenvalue weighted by atomic mass is 10.1. The van der Waals surface area contributed by atoms with Crippen LogP contribution in [0.15, 0.2) is 11.8 Å². The Morgan fingerprint density at radius 2 is 1.92 bits per heavy atom. The van der Waals surface area contributed by atoms with Gasteiger partial charge in [0.1, 0.15) is 0 Å². The molecule has 0 bridgehead atoms. The molecule has 0 unspecified atom stereocenters. The summed E-state index contributed by atoms with van der Waals surface area (Å²) in [5.74, 6) is 0. The predicted octanol–water partition coefficient (Wildman–Crippen LogP) is 3.25. The number of hydrogen-bond acceptors (Lipinski definition) is 1. The van der Waals surface area contributed by atoms with Gasteiger partial charge in [-0.05, 0) is 27.2 Å². The summed E-state index contributed by atoms with van der Waals surface area (Å²) in [5, 5.41) is 0. The number of rotatable bonds is 4. The molecule has 0 radical (unpaired) electrons. The molecule has 0 heterocycles. The van der Waals surface area contributed by atoms with E-state index in [-0.39, 0.29) is 4.87 Å². The van der Waals surface area contributed by atoms with E-state index in [4.69, 9.17) is 11.6 Å². The largest absolute Gasteiger partial charge is 0.377 e. The number of alkyl halides is 1. The third-order valence-corrected chi connectivity index (χ3v) is 2.09. The molecule has 0 saturated carbocycles. The molecule has 0 N–H and O–H groups in total. The molecule has 1 nitrogen and oxygen atoms in total. The van der Waals surface area contributed by atoms with E-state index >= 15 is 0 Å². The summed E-state index contributed by atoms with van der Waals surface area (Å²) in [6, 6.07) is 0. The van der Waals surface area contributed by atoms with Gasteiger partial charge >= 0.3 is 0 Å². The Labute approximate surface area is 81.4 Å². The second-order valence-corrected chi connectivity index (χ2v) is 4.43. The molecule has 0 spiro atoms. The highest BCUT2D eigenvalue weighted by atomic mass is 35.5. The van der Waals surface area contributed by atoms with Crippen LogP contribution in [0.1, 0.15) is 34.1 Å². The Balaban J connectivity index is 4.56. The predicted molar refractivity (Wildman–Crippen MR) is 56.6 cm³/mol. The summed E-state index contributed by atoms with van der Waals surface area (Å²) in [6.07, 6.45) is 3.23. The lowest BCUT2D eigenvalue weighted by Gasteiger charge is -2.29. The van der Waals surface area contributed by atoms with Crippen LogP contribution in [-0.2, 0) is 0 Å². The molecule has 0 fully saturated rings. The molecule has 0 aliphatic rings. The second kappa shape index (κ2) is 4.76. The summed E-state index contributed by atoms with van der Waals surface area (Å²) >= 11 is 6.24. The zero-order valence-electron chi connectivity index (χ0n) is 8.82. The molecule has 12 heavy (non-hydrogen) atoms. The first-order valence-electron chi connectivity index (χ1n) is 4.54. The van der Waals surface area contributed by atoms with Crippen LogP contribution in [0.5, 0.6) is 0 Å². The minimum atomic E-state index is -0.249. The second-order valence-electron chi connectivity index (χ2n) is 3.48. The van der Waals surface area contributed by atoms with Crippen molar-refractivity contribution in [2.24, 2.45) is 0 Å². The lowest BCUT2D eigenvalue weighted by molar-refractivity contribution is 0.401. The third kappa shape index (κ3) is 3.48. The van der Waals surface area contributed by atoms with E-state index in [1.807, 2.05) is 13.8 Å². The number of hydrogen-bond donors (Lipinski definition) is 0. The molecule has 0 saturated heterocycles. The topological polar surface area (TPSA) is 3.24 Å². The minimum absolute atomic E-state index is 0.249. The van der Waals surface area contributed by atoms with Crippen LogP contribution in [-0.4, -0.2) is 23.4 Å². The third-order valence-electron chi connectivity index (χ3n) is 1.89. The fourth-order valence-corrected chi connectivity index (χ4v) is 1.44. The Bertz CT molecular complexity index is 156. The van der Waals surface area contributed by atoms with Gasteiger partial charge in [0.25, 0.3) is 0 Å². The maximum atomic E-state index is 6.24. The van der Waals surface area contributed by atoms with Crippen LogP contribution in [0, 0.1) is 0 Å². The summed E-state index contributed by atoms with van der Waals surface area (Å²) in [4.78, 5) is 1.94. The van der Waals surface area contributed by atoms with Crippen molar-refractivity contribution in [3.05, 3.63) is 11.8 Å². The first-order valence-corrected chi connectivity index (χ1v) is 4.92. The van der Waals surface area contributed by atoms with E-state index in [0.717, 1.165) is 13.0 Å². The van der Waals surface area contributed by atoms with Gasteiger partial charge in [-0.2, -0.15) is 0 Å². The first kappa shape index (κ1) is 11.8. The molecular weight excluding hydrogens is 170 g/mol. The van der Waals surface area contributed by atoms with E-state index < -0.39 is 0 Å². The van der Waals surface area contributed by atoms with Gasteiger partial charge < -0.3 is 4.90 Å². The van der Waals surface area contributed by atoms with Crippen molar-refractivity contribution in [3.8, 4) is 0 Å².